The number of alkyl halides is 3. The van der Waals surface area contributed by atoms with Gasteiger partial charge >= 0.3 is 12.3 Å². The standard InChI is InChI=1S/C30H28ClF4N5O3/c1-16-6-7-18(11-20(41)12-19-8-9-23(31)22(14-19)30(33,34)35)13-21(16)26-36-15-24(32)27(37-26)40(25-10-17(2)38-39-25)28(42)43-29(3,4)5/h6-10,13-15H,11-12H2,1-5H3,(H,38,39). The molecular weight excluding hydrogens is 590 g/mol. The van der Waals surface area contributed by atoms with Gasteiger partial charge in [-0.3, -0.25) is 9.89 Å². The SMILES string of the molecule is Cc1cc(N(C(=O)OC(C)(C)C)c2nc(-c3cc(CC(=O)Cc4ccc(Cl)c(C(F)(F)F)c4)ccc3C)ncc2F)n[nH]1. The molecule has 0 aliphatic carbocycles. The van der Waals surface area contributed by atoms with Gasteiger partial charge in [-0.15, -0.1) is 0 Å². The van der Waals surface area contributed by atoms with Gasteiger partial charge in [0.1, 0.15) is 11.4 Å². The maximum Gasteiger partial charge on any atom is 0.422 e. The molecule has 0 unspecified atom stereocenters. The van der Waals surface area contributed by atoms with Crippen molar-refractivity contribution in [2.75, 3.05) is 4.90 Å². The van der Waals surface area contributed by atoms with Crippen molar-refractivity contribution in [1.29, 1.82) is 0 Å². The van der Waals surface area contributed by atoms with E-state index >= 15 is 4.39 Å². The van der Waals surface area contributed by atoms with E-state index in [2.05, 4.69) is 20.2 Å². The summed E-state index contributed by atoms with van der Waals surface area (Å²) >= 11 is 5.69. The summed E-state index contributed by atoms with van der Waals surface area (Å²) in [6.07, 6.45) is -4.97. The van der Waals surface area contributed by atoms with Crippen LogP contribution in [0.15, 0.2) is 48.7 Å². The molecule has 2 aromatic heterocycles. The largest absolute Gasteiger partial charge is 0.443 e. The Kier molecular flexibility index (Phi) is 8.91. The summed E-state index contributed by atoms with van der Waals surface area (Å²) in [6.45, 7) is 8.48. The minimum Gasteiger partial charge on any atom is -0.443 e. The number of H-pyrrole nitrogens is 1. The fourth-order valence-electron chi connectivity index (χ4n) is 4.20. The number of ether oxygens (including phenoxy) is 1. The Hall–Kier alpha value is -4.32. The topological polar surface area (TPSA) is 101 Å². The minimum absolute atomic E-state index is 0.0576. The highest BCUT2D eigenvalue weighted by molar-refractivity contribution is 6.31. The highest BCUT2D eigenvalue weighted by atomic mass is 35.5. The smallest absolute Gasteiger partial charge is 0.422 e. The van der Waals surface area contributed by atoms with Crippen LogP contribution in [0.3, 0.4) is 0 Å². The zero-order chi connectivity index (χ0) is 31.7. The van der Waals surface area contributed by atoms with Crippen LogP contribution in [0.2, 0.25) is 5.02 Å². The summed E-state index contributed by atoms with van der Waals surface area (Å²) in [7, 11) is 0. The minimum atomic E-state index is -4.65. The molecule has 0 spiro atoms. The van der Waals surface area contributed by atoms with Gasteiger partial charge in [-0.1, -0.05) is 29.8 Å². The molecule has 0 fully saturated rings. The Labute approximate surface area is 250 Å². The monoisotopic (exact) mass is 617 g/mol. The Morgan fingerprint density at radius 3 is 2.26 bits per heavy atom. The zero-order valence-corrected chi connectivity index (χ0v) is 24.7. The number of carbonyl (C=O) groups excluding carboxylic acids is 2. The number of ketones is 1. The second-order valence-electron chi connectivity index (χ2n) is 10.9. The lowest BCUT2D eigenvalue weighted by molar-refractivity contribution is -0.137. The van der Waals surface area contributed by atoms with Gasteiger partial charge in [-0.25, -0.2) is 24.1 Å². The first-order valence-electron chi connectivity index (χ1n) is 13.1. The Morgan fingerprint density at radius 2 is 1.65 bits per heavy atom. The number of aromatic nitrogens is 4. The van der Waals surface area contributed by atoms with Crippen LogP contribution in [0.25, 0.3) is 11.4 Å². The number of amides is 1. The van der Waals surface area contributed by atoms with Crippen LogP contribution in [0.4, 0.5) is 34.0 Å². The number of carbonyl (C=O) groups is 2. The first-order chi connectivity index (χ1) is 20.0. The number of anilines is 2. The Morgan fingerprint density at radius 1 is 1.00 bits per heavy atom. The summed E-state index contributed by atoms with van der Waals surface area (Å²) in [5, 5.41) is 6.34. The normalized spacial score (nSPS) is 11.9. The first-order valence-corrected chi connectivity index (χ1v) is 13.4. The van der Waals surface area contributed by atoms with Crippen molar-refractivity contribution in [3.8, 4) is 11.4 Å². The van der Waals surface area contributed by atoms with Crippen molar-refractivity contribution < 1.29 is 31.9 Å². The quantitative estimate of drug-likeness (QED) is 0.213. The number of hydrogen-bond donors (Lipinski definition) is 1. The fourth-order valence-corrected chi connectivity index (χ4v) is 4.42. The summed E-state index contributed by atoms with van der Waals surface area (Å²) in [5.41, 5.74) is 0.575. The lowest BCUT2D eigenvalue weighted by Gasteiger charge is -2.25. The van der Waals surface area contributed by atoms with Crippen LogP contribution in [-0.4, -0.2) is 37.6 Å². The zero-order valence-electron chi connectivity index (χ0n) is 23.9. The molecule has 4 aromatic rings. The van der Waals surface area contributed by atoms with Crippen molar-refractivity contribution in [2.45, 2.75) is 59.2 Å². The number of nitrogens with one attached hydrogen (secondary N) is 1. The molecule has 0 saturated carbocycles. The molecule has 2 aromatic carbocycles. The summed E-state index contributed by atoms with van der Waals surface area (Å²) in [4.78, 5) is 35.4. The van der Waals surface area contributed by atoms with Gasteiger partial charge in [0.2, 0.25) is 0 Å². The average molecular weight is 618 g/mol. The number of hydrogen-bond acceptors (Lipinski definition) is 6. The van der Waals surface area contributed by atoms with Crippen LogP contribution >= 0.6 is 11.6 Å². The molecule has 13 heteroatoms. The molecule has 0 atom stereocenters. The fraction of sp³-hybridized carbons (Fsp3) is 0.300. The van der Waals surface area contributed by atoms with Crippen molar-refractivity contribution in [1.82, 2.24) is 20.2 Å². The van der Waals surface area contributed by atoms with E-state index in [0.29, 0.717) is 22.4 Å². The van der Waals surface area contributed by atoms with E-state index < -0.39 is 40.1 Å². The molecule has 1 N–H and O–H groups in total. The third-order valence-corrected chi connectivity index (χ3v) is 6.45. The van der Waals surface area contributed by atoms with Crippen LogP contribution in [0.1, 0.15) is 48.7 Å². The summed E-state index contributed by atoms with van der Waals surface area (Å²) < 4.78 is 60.4. The van der Waals surface area contributed by atoms with Gasteiger partial charge in [-0.2, -0.15) is 18.3 Å². The molecule has 4 rings (SSSR count). The van der Waals surface area contributed by atoms with Gasteiger partial charge < -0.3 is 4.74 Å². The van der Waals surface area contributed by atoms with Crippen molar-refractivity contribution in [2.24, 2.45) is 0 Å². The number of Topliss-reactive ketones (excluding diaryl/α,β-unsaturated/α-hetero) is 1. The maximum atomic E-state index is 15.2. The van der Waals surface area contributed by atoms with Crippen molar-refractivity contribution in [3.05, 3.63) is 87.4 Å². The van der Waals surface area contributed by atoms with E-state index in [4.69, 9.17) is 16.3 Å². The highest BCUT2D eigenvalue weighted by Gasteiger charge is 2.33. The molecule has 0 bridgehead atoms. The van der Waals surface area contributed by atoms with E-state index in [1.54, 1.807) is 52.8 Å². The molecule has 1 amide bonds. The maximum absolute atomic E-state index is 15.2. The number of aryl methyl sites for hydroxylation is 2. The molecule has 0 aliphatic heterocycles. The van der Waals surface area contributed by atoms with Gasteiger partial charge in [0, 0.05) is 30.2 Å². The van der Waals surface area contributed by atoms with E-state index in [9.17, 15) is 22.8 Å². The van der Waals surface area contributed by atoms with Crippen molar-refractivity contribution in [3.63, 3.8) is 0 Å². The van der Waals surface area contributed by atoms with Crippen LogP contribution in [-0.2, 0) is 28.5 Å². The summed E-state index contributed by atoms with van der Waals surface area (Å²) in [6, 6.07) is 9.95. The van der Waals surface area contributed by atoms with Crippen LogP contribution in [0, 0.1) is 19.7 Å². The predicted molar refractivity (Wildman–Crippen MR) is 153 cm³/mol. The molecule has 0 saturated heterocycles. The van der Waals surface area contributed by atoms with Crippen LogP contribution in [0.5, 0.6) is 0 Å². The molecule has 8 nitrogen and oxygen atoms in total. The third-order valence-electron chi connectivity index (χ3n) is 6.12. The predicted octanol–water partition coefficient (Wildman–Crippen LogP) is 7.72. The van der Waals surface area contributed by atoms with Gasteiger partial charge in [0.25, 0.3) is 0 Å². The third kappa shape index (κ3) is 7.75. The lowest BCUT2D eigenvalue weighted by atomic mass is 9.98. The average Bonchev–Trinajstić information content (AvgIpc) is 3.31. The molecule has 226 valence electrons. The first kappa shape index (κ1) is 31.6. The van der Waals surface area contributed by atoms with E-state index in [1.165, 1.54) is 12.1 Å². The number of aromatic amines is 1. The number of benzene rings is 2. The number of rotatable bonds is 7. The highest BCUT2D eigenvalue weighted by Crippen LogP contribution is 2.35. The van der Waals surface area contributed by atoms with Gasteiger partial charge in [-0.05, 0) is 69.5 Å². The molecule has 2 heterocycles. The second kappa shape index (κ2) is 12.1. The number of nitrogens with zero attached hydrogens (tertiary/aromatic N) is 4. The van der Waals surface area contributed by atoms with E-state index in [1.807, 2.05) is 0 Å². The van der Waals surface area contributed by atoms with E-state index in [0.717, 1.165) is 23.2 Å². The van der Waals surface area contributed by atoms with Gasteiger partial charge in [0.15, 0.2) is 23.3 Å². The van der Waals surface area contributed by atoms with E-state index in [-0.39, 0.29) is 35.8 Å². The summed E-state index contributed by atoms with van der Waals surface area (Å²) in [5.74, 6) is -1.51. The lowest BCUT2D eigenvalue weighted by Crippen LogP contribution is -2.35. The Bertz CT molecular complexity index is 1680. The molecule has 0 aliphatic rings. The molecular formula is C30H28ClF4N5O3. The van der Waals surface area contributed by atoms with Gasteiger partial charge in [0.05, 0.1) is 16.8 Å². The van der Waals surface area contributed by atoms with Crippen molar-refractivity contribution >= 4 is 35.1 Å². The molecule has 0 radical (unpaired) electrons. The van der Waals surface area contributed by atoms with Crippen LogP contribution < -0.4 is 4.90 Å². The Balaban J connectivity index is 1.65. The number of halogens is 5. The second-order valence-corrected chi connectivity index (χ2v) is 11.4. The molecule has 43 heavy (non-hydrogen) atoms.